The number of carbonyl (C=O) groups excluding carboxylic acids is 3. The van der Waals surface area contributed by atoms with E-state index in [0.29, 0.717) is 18.7 Å². The number of imide groups is 1. The van der Waals surface area contributed by atoms with E-state index in [2.05, 4.69) is 10.2 Å². The topological polar surface area (TPSA) is 88.2 Å². The number of halogens is 1. The fourth-order valence-electron chi connectivity index (χ4n) is 6.23. The van der Waals surface area contributed by atoms with Gasteiger partial charge in [-0.05, 0) is 81.1 Å². The highest BCUT2D eigenvalue weighted by molar-refractivity contribution is 7.89. The van der Waals surface area contributed by atoms with Gasteiger partial charge in [0.1, 0.15) is 5.75 Å². The Morgan fingerprint density at radius 3 is 2.58 bits per heavy atom. The summed E-state index contributed by atoms with van der Waals surface area (Å²) in [5, 5.41) is 2.37. The third-order valence-electron chi connectivity index (χ3n) is 8.40. The van der Waals surface area contributed by atoms with Crippen LogP contribution in [0.3, 0.4) is 0 Å². The highest BCUT2D eigenvalue weighted by atomic mass is 32.2. The van der Waals surface area contributed by atoms with E-state index in [1.165, 1.54) is 0 Å². The van der Waals surface area contributed by atoms with Crippen molar-refractivity contribution in [2.75, 3.05) is 39.3 Å². The van der Waals surface area contributed by atoms with Crippen molar-refractivity contribution in [3.05, 3.63) is 29.3 Å². The molecule has 0 radical (unpaired) electrons. The lowest BCUT2D eigenvalue weighted by Crippen LogP contribution is -2.49. The normalized spacial score (nSPS) is 25.2. The molecule has 196 valence electrons. The fraction of sp³-hybridized carbons (Fsp3) is 0.654. The Labute approximate surface area is 215 Å². The number of hydrogen-bond acceptors (Lipinski definition) is 7. The van der Waals surface area contributed by atoms with Gasteiger partial charge in [-0.3, -0.25) is 24.6 Å². The molecule has 0 saturated carbocycles. The zero-order valence-electron chi connectivity index (χ0n) is 20.5. The molecule has 1 aromatic carbocycles. The Bertz CT molecular complexity index is 984. The summed E-state index contributed by atoms with van der Waals surface area (Å²) in [6.07, 6.45) is 6.52. The Morgan fingerprint density at radius 1 is 1.14 bits per heavy atom. The molecule has 4 heterocycles. The van der Waals surface area contributed by atoms with Crippen LogP contribution in [0.5, 0.6) is 5.75 Å². The van der Waals surface area contributed by atoms with Crippen molar-refractivity contribution >= 4 is 30.2 Å². The molecule has 4 aliphatic rings. The van der Waals surface area contributed by atoms with Crippen molar-refractivity contribution in [3.63, 3.8) is 0 Å². The van der Waals surface area contributed by atoms with Crippen LogP contribution >= 0.6 is 12.4 Å². The maximum absolute atomic E-state index is 13.1. The number of hydrogen-bond donors (Lipinski definition) is 1. The summed E-state index contributed by atoms with van der Waals surface area (Å²) in [6.45, 7) is 4.40. The summed E-state index contributed by atoms with van der Waals surface area (Å²) in [4.78, 5) is 40.9. The third kappa shape index (κ3) is 5.55. The molecule has 0 aliphatic carbocycles. The van der Waals surface area contributed by atoms with Gasteiger partial charge in [0.15, 0.2) is 0 Å². The predicted molar refractivity (Wildman–Crippen MR) is 133 cm³/mol. The van der Waals surface area contributed by atoms with Crippen molar-refractivity contribution in [1.82, 2.24) is 15.1 Å². The van der Waals surface area contributed by atoms with E-state index in [1.807, 2.05) is 17.0 Å². The van der Waals surface area contributed by atoms with Gasteiger partial charge in [0.05, 0.1) is 18.1 Å². The van der Waals surface area contributed by atoms with Gasteiger partial charge < -0.3 is 13.8 Å². The summed E-state index contributed by atoms with van der Waals surface area (Å²) in [7, 11) is 0. The molecule has 1 aromatic rings. The molecule has 8 nitrogen and oxygen atoms in total. The number of amides is 3. The third-order valence-corrected chi connectivity index (χ3v) is 8.64. The number of nitrogens with one attached hydrogen (secondary N) is 1. The Morgan fingerprint density at radius 2 is 1.92 bits per heavy atom. The highest BCUT2D eigenvalue weighted by Gasteiger charge is 2.39. The van der Waals surface area contributed by atoms with Crippen molar-refractivity contribution in [1.29, 1.82) is 0 Å². The van der Waals surface area contributed by atoms with Crippen molar-refractivity contribution in [2.45, 2.75) is 68.8 Å². The second-order valence-corrected chi connectivity index (χ2v) is 10.8. The summed E-state index contributed by atoms with van der Waals surface area (Å²) in [5.41, 5.74) is 1.66. The standard InChI is InChI=1S/C26H34FN3O5S/c27-36-35-22-16-19(21-4-5-23(31)28-25(21)33)2-3-20(22)18-6-11-29(12-7-18)17-24(32)30-13-9-26(10-14-30)8-1-15-34-26/h2-3,16,18,21H,1,4-15,17H2,(H,28,31,33). The molecule has 1 N–H and O–H groups in total. The number of piperidine rings is 3. The van der Waals surface area contributed by atoms with Gasteiger partial charge in [-0.15, -0.1) is 3.89 Å². The molecular weight excluding hydrogens is 485 g/mol. The Hall–Kier alpha value is -2.17. The summed E-state index contributed by atoms with van der Waals surface area (Å²) in [6, 6.07) is 5.54. The summed E-state index contributed by atoms with van der Waals surface area (Å²) >= 11 is -0.203. The molecule has 4 saturated heterocycles. The van der Waals surface area contributed by atoms with Gasteiger partial charge in [-0.25, -0.2) is 0 Å². The van der Waals surface area contributed by atoms with E-state index < -0.39 is 5.92 Å². The van der Waals surface area contributed by atoms with Crippen molar-refractivity contribution in [2.24, 2.45) is 0 Å². The first-order valence-electron chi connectivity index (χ1n) is 13.0. The fourth-order valence-corrected chi connectivity index (χ4v) is 6.44. The SMILES string of the molecule is O=C1CCC(c2ccc(C3CCN(CC(=O)N4CCC5(CCCO5)CC4)CC3)c(OSF)c2)C(=O)N1. The quantitative estimate of drug-likeness (QED) is 0.455. The Kier molecular flexibility index (Phi) is 7.83. The minimum Gasteiger partial charge on any atom is -0.397 e. The number of nitrogens with zero attached hydrogens (tertiary/aromatic N) is 2. The van der Waals surface area contributed by atoms with Gasteiger partial charge in [-0.1, -0.05) is 12.1 Å². The van der Waals surface area contributed by atoms with Crippen LogP contribution in [0.15, 0.2) is 18.2 Å². The molecular formula is C26H34FN3O5S. The number of benzene rings is 1. The smallest absolute Gasteiger partial charge is 0.272 e. The molecule has 1 spiro atoms. The molecule has 5 rings (SSSR count). The molecule has 3 amide bonds. The molecule has 1 atom stereocenters. The molecule has 1 unspecified atom stereocenters. The van der Waals surface area contributed by atoms with Gasteiger partial charge >= 0.3 is 0 Å². The van der Waals surface area contributed by atoms with Crippen LogP contribution in [0.1, 0.15) is 74.3 Å². The van der Waals surface area contributed by atoms with E-state index in [-0.39, 0.29) is 48.1 Å². The zero-order valence-corrected chi connectivity index (χ0v) is 21.3. The molecule has 0 aromatic heterocycles. The summed E-state index contributed by atoms with van der Waals surface area (Å²) in [5.74, 6) is -0.232. The van der Waals surface area contributed by atoms with E-state index in [1.54, 1.807) is 6.07 Å². The van der Waals surface area contributed by atoms with E-state index in [0.717, 1.165) is 82.4 Å². The molecule has 36 heavy (non-hydrogen) atoms. The van der Waals surface area contributed by atoms with E-state index >= 15 is 0 Å². The van der Waals surface area contributed by atoms with Gasteiger partial charge in [0.2, 0.25) is 17.7 Å². The minimum absolute atomic E-state index is 0.0144. The maximum Gasteiger partial charge on any atom is 0.272 e. The lowest BCUT2D eigenvalue weighted by atomic mass is 9.85. The number of ether oxygens (including phenoxy) is 1. The number of carbonyl (C=O) groups is 3. The maximum atomic E-state index is 13.1. The monoisotopic (exact) mass is 519 g/mol. The largest absolute Gasteiger partial charge is 0.397 e. The van der Waals surface area contributed by atoms with Gasteiger partial charge in [0, 0.05) is 26.1 Å². The first-order chi connectivity index (χ1) is 17.5. The molecule has 0 bridgehead atoms. The zero-order chi connectivity index (χ0) is 25.1. The molecule has 4 fully saturated rings. The lowest BCUT2D eigenvalue weighted by molar-refractivity contribution is -0.137. The second kappa shape index (κ2) is 11.1. The van der Waals surface area contributed by atoms with Crippen molar-refractivity contribution < 1.29 is 27.2 Å². The number of likely N-dealkylation sites (tertiary alicyclic amines) is 2. The van der Waals surface area contributed by atoms with Crippen LogP contribution in [0, 0.1) is 0 Å². The highest BCUT2D eigenvalue weighted by Crippen LogP contribution is 2.39. The molecule has 10 heteroatoms. The first kappa shape index (κ1) is 25.5. The van der Waals surface area contributed by atoms with Crippen LogP contribution in [-0.4, -0.2) is 72.5 Å². The van der Waals surface area contributed by atoms with Crippen LogP contribution in [0.25, 0.3) is 0 Å². The summed E-state index contributed by atoms with van der Waals surface area (Å²) < 4.78 is 24.3. The average Bonchev–Trinajstić information content (AvgIpc) is 3.33. The first-order valence-corrected chi connectivity index (χ1v) is 13.7. The Balaban J connectivity index is 1.16. The van der Waals surface area contributed by atoms with Crippen LogP contribution < -0.4 is 9.50 Å². The predicted octanol–water partition coefficient (Wildman–Crippen LogP) is 3.47. The minimum atomic E-state index is -0.443. The lowest BCUT2D eigenvalue weighted by Gasteiger charge is -2.40. The van der Waals surface area contributed by atoms with Gasteiger partial charge in [0.25, 0.3) is 12.4 Å². The van der Waals surface area contributed by atoms with Crippen LogP contribution in [0.2, 0.25) is 0 Å². The second-order valence-electron chi connectivity index (χ2n) is 10.5. The van der Waals surface area contributed by atoms with Gasteiger partial charge in [-0.2, -0.15) is 0 Å². The van der Waals surface area contributed by atoms with E-state index in [9.17, 15) is 18.3 Å². The molecule has 4 aliphatic heterocycles. The number of rotatable bonds is 6. The van der Waals surface area contributed by atoms with Crippen LogP contribution in [-0.2, 0) is 19.1 Å². The van der Waals surface area contributed by atoms with Crippen LogP contribution in [0.4, 0.5) is 3.89 Å². The van der Waals surface area contributed by atoms with Crippen molar-refractivity contribution in [3.8, 4) is 5.75 Å². The average molecular weight is 520 g/mol. The van der Waals surface area contributed by atoms with E-state index in [4.69, 9.17) is 8.92 Å².